The zero-order valence-electron chi connectivity index (χ0n) is 13.6. The highest BCUT2D eigenvalue weighted by Gasteiger charge is 2.20. The maximum Gasteiger partial charge on any atom is 0.335 e. The summed E-state index contributed by atoms with van der Waals surface area (Å²) in [5.41, 5.74) is 1.06. The number of carboxylic acids is 1. The van der Waals surface area contributed by atoms with Gasteiger partial charge in [0.1, 0.15) is 0 Å². The van der Waals surface area contributed by atoms with Gasteiger partial charge in [-0.2, -0.15) is 0 Å². The maximum absolute atomic E-state index is 12.5. The molecule has 3 N–H and O–H groups in total. The van der Waals surface area contributed by atoms with E-state index < -0.39 is 11.9 Å². The standard InChI is InChI=1S/C19H12Cl2N2O4/c20-13-2-1-3-14(21)15(13)17(24)23-18-12(8-9-27-18)16(22)10-4-6-11(7-5-10)19(25)26/h1-9,22H,(H,23,24)(H,25,26). The molecule has 136 valence electrons. The molecule has 0 aliphatic rings. The van der Waals surface area contributed by atoms with Crippen molar-refractivity contribution in [3.63, 3.8) is 0 Å². The first-order valence-electron chi connectivity index (χ1n) is 7.64. The molecule has 0 spiro atoms. The summed E-state index contributed by atoms with van der Waals surface area (Å²) in [6.07, 6.45) is 1.33. The topological polar surface area (TPSA) is 103 Å². The van der Waals surface area contributed by atoms with Gasteiger partial charge in [0.2, 0.25) is 5.88 Å². The molecule has 1 heterocycles. The third kappa shape index (κ3) is 3.86. The van der Waals surface area contributed by atoms with Crippen molar-refractivity contribution in [3.8, 4) is 0 Å². The third-order valence-corrected chi connectivity index (χ3v) is 4.40. The van der Waals surface area contributed by atoms with Gasteiger partial charge in [0.05, 0.1) is 38.7 Å². The summed E-state index contributed by atoms with van der Waals surface area (Å²) in [6, 6.07) is 12.0. The molecule has 0 unspecified atom stereocenters. The van der Waals surface area contributed by atoms with E-state index in [4.69, 9.17) is 38.1 Å². The Morgan fingerprint density at radius 1 is 0.963 bits per heavy atom. The molecule has 0 atom stereocenters. The number of anilines is 1. The van der Waals surface area contributed by atoms with Crippen molar-refractivity contribution >= 4 is 46.7 Å². The molecule has 3 aromatic rings. The lowest BCUT2D eigenvalue weighted by molar-refractivity contribution is 0.0696. The van der Waals surface area contributed by atoms with Crippen molar-refractivity contribution in [1.82, 2.24) is 0 Å². The fourth-order valence-corrected chi connectivity index (χ4v) is 2.99. The van der Waals surface area contributed by atoms with E-state index in [2.05, 4.69) is 5.32 Å². The molecule has 0 saturated heterocycles. The molecule has 0 fully saturated rings. The lowest BCUT2D eigenvalue weighted by Gasteiger charge is -2.09. The largest absolute Gasteiger partial charge is 0.478 e. The number of carbonyl (C=O) groups excluding carboxylic acids is 1. The Morgan fingerprint density at radius 3 is 2.15 bits per heavy atom. The van der Waals surface area contributed by atoms with Crippen molar-refractivity contribution in [2.75, 3.05) is 5.32 Å². The average Bonchev–Trinajstić information content (AvgIpc) is 3.09. The minimum Gasteiger partial charge on any atom is -0.478 e. The van der Waals surface area contributed by atoms with Gasteiger partial charge in [0.25, 0.3) is 5.91 Å². The number of carbonyl (C=O) groups is 2. The molecule has 6 nitrogen and oxygen atoms in total. The van der Waals surface area contributed by atoms with Crippen molar-refractivity contribution in [3.05, 3.63) is 87.1 Å². The fraction of sp³-hybridized carbons (Fsp3) is 0. The summed E-state index contributed by atoms with van der Waals surface area (Å²) in [4.78, 5) is 23.4. The minimum atomic E-state index is -1.05. The molecule has 0 aliphatic carbocycles. The van der Waals surface area contributed by atoms with Crippen LogP contribution in [0, 0.1) is 5.41 Å². The number of hydrogen-bond donors (Lipinski definition) is 3. The highest BCUT2D eigenvalue weighted by atomic mass is 35.5. The van der Waals surface area contributed by atoms with Crippen LogP contribution in [0.25, 0.3) is 0 Å². The van der Waals surface area contributed by atoms with Gasteiger partial charge in [-0.1, -0.05) is 41.4 Å². The predicted octanol–water partition coefficient (Wildman–Crippen LogP) is 4.95. The van der Waals surface area contributed by atoms with E-state index in [9.17, 15) is 9.59 Å². The van der Waals surface area contributed by atoms with Crippen LogP contribution in [0.4, 0.5) is 5.88 Å². The molecular formula is C19H12Cl2N2O4. The number of nitrogens with one attached hydrogen (secondary N) is 2. The predicted molar refractivity (Wildman–Crippen MR) is 102 cm³/mol. The van der Waals surface area contributed by atoms with Gasteiger partial charge in [-0.25, -0.2) is 4.79 Å². The Kier molecular flexibility index (Phi) is 5.30. The van der Waals surface area contributed by atoms with Gasteiger partial charge >= 0.3 is 5.97 Å². The number of amides is 1. The SMILES string of the molecule is N=C(c1ccc(C(=O)O)cc1)c1ccoc1NC(=O)c1c(Cl)cccc1Cl. The molecule has 1 amide bonds. The quantitative estimate of drug-likeness (QED) is 0.524. The summed E-state index contributed by atoms with van der Waals surface area (Å²) < 4.78 is 5.29. The molecule has 0 aliphatic heterocycles. The Morgan fingerprint density at radius 2 is 1.56 bits per heavy atom. The third-order valence-electron chi connectivity index (χ3n) is 3.77. The molecule has 1 aromatic heterocycles. The van der Waals surface area contributed by atoms with Gasteiger partial charge in [0, 0.05) is 5.56 Å². The number of aromatic carboxylic acids is 1. The summed E-state index contributed by atoms with van der Waals surface area (Å²) in [5.74, 6) is -1.57. The number of furan rings is 1. The molecule has 3 rings (SSSR count). The second kappa shape index (κ2) is 7.65. The van der Waals surface area contributed by atoms with E-state index in [1.54, 1.807) is 6.07 Å². The number of carboxylic acid groups (broad SMARTS) is 1. The number of rotatable bonds is 5. The van der Waals surface area contributed by atoms with E-state index in [1.165, 1.54) is 48.7 Å². The van der Waals surface area contributed by atoms with E-state index in [1.807, 2.05) is 0 Å². The van der Waals surface area contributed by atoms with Crippen molar-refractivity contribution in [2.24, 2.45) is 0 Å². The van der Waals surface area contributed by atoms with Crippen LogP contribution in [0.15, 0.2) is 59.2 Å². The first-order chi connectivity index (χ1) is 12.9. The summed E-state index contributed by atoms with van der Waals surface area (Å²) in [6.45, 7) is 0. The molecular weight excluding hydrogens is 391 g/mol. The monoisotopic (exact) mass is 402 g/mol. The maximum atomic E-state index is 12.5. The molecule has 2 aromatic carbocycles. The summed E-state index contributed by atoms with van der Waals surface area (Å²) in [7, 11) is 0. The van der Waals surface area contributed by atoms with Crippen molar-refractivity contribution < 1.29 is 19.1 Å². The van der Waals surface area contributed by atoms with Crippen molar-refractivity contribution in [1.29, 1.82) is 5.41 Å². The van der Waals surface area contributed by atoms with Crippen LogP contribution in [0.1, 0.15) is 31.8 Å². The number of benzene rings is 2. The van der Waals surface area contributed by atoms with E-state index in [0.717, 1.165) is 0 Å². The highest BCUT2D eigenvalue weighted by Crippen LogP contribution is 2.27. The normalized spacial score (nSPS) is 10.4. The van der Waals surface area contributed by atoms with Crippen molar-refractivity contribution in [2.45, 2.75) is 0 Å². The Hall–Kier alpha value is -3.09. The van der Waals surface area contributed by atoms with Crippen LogP contribution in [0.3, 0.4) is 0 Å². The zero-order valence-corrected chi connectivity index (χ0v) is 15.1. The van der Waals surface area contributed by atoms with Crippen LogP contribution >= 0.6 is 23.2 Å². The number of halogens is 2. The molecule has 0 radical (unpaired) electrons. The Balaban J connectivity index is 1.86. The van der Waals surface area contributed by atoms with Crippen LogP contribution in [0.2, 0.25) is 10.0 Å². The van der Waals surface area contributed by atoms with Gasteiger partial charge < -0.3 is 9.52 Å². The van der Waals surface area contributed by atoms with E-state index >= 15 is 0 Å². The van der Waals surface area contributed by atoms with Crippen LogP contribution in [0.5, 0.6) is 0 Å². The minimum absolute atomic E-state index is 0.0567. The molecule has 27 heavy (non-hydrogen) atoms. The van der Waals surface area contributed by atoms with Crippen LogP contribution in [-0.4, -0.2) is 22.7 Å². The Bertz CT molecular complexity index is 1020. The second-order valence-electron chi connectivity index (χ2n) is 5.47. The zero-order chi connectivity index (χ0) is 19.6. The van der Waals surface area contributed by atoms with Gasteiger partial charge in [-0.15, -0.1) is 0 Å². The number of hydrogen-bond acceptors (Lipinski definition) is 4. The lowest BCUT2D eigenvalue weighted by Crippen LogP contribution is -2.15. The average molecular weight is 403 g/mol. The molecule has 8 heteroatoms. The van der Waals surface area contributed by atoms with Gasteiger partial charge in [-0.05, 0) is 30.3 Å². The summed E-state index contributed by atoms with van der Waals surface area (Å²) >= 11 is 12.1. The van der Waals surface area contributed by atoms with E-state index in [-0.39, 0.29) is 32.8 Å². The first-order valence-corrected chi connectivity index (χ1v) is 8.39. The Labute approximate surface area is 163 Å². The van der Waals surface area contributed by atoms with Gasteiger partial charge in [0.15, 0.2) is 0 Å². The fourth-order valence-electron chi connectivity index (χ4n) is 2.42. The smallest absolute Gasteiger partial charge is 0.335 e. The second-order valence-corrected chi connectivity index (χ2v) is 6.29. The van der Waals surface area contributed by atoms with Crippen LogP contribution in [-0.2, 0) is 0 Å². The molecule has 0 saturated carbocycles. The molecule has 0 bridgehead atoms. The highest BCUT2D eigenvalue weighted by molar-refractivity contribution is 6.40. The van der Waals surface area contributed by atoms with E-state index in [0.29, 0.717) is 11.1 Å². The van der Waals surface area contributed by atoms with Gasteiger partial charge in [-0.3, -0.25) is 15.5 Å². The lowest BCUT2D eigenvalue weighted by atomic mass is 10.0. The summed E-state index contributed by atoms with van der Waals surface area (Å²) in [5, 5.41) is 20.2. The van der Waals surface area contributed by atoms with Crippen LogP contribution < -0.4 is 5.32 Å². The first kappa shape index (κ1) is 18.7.